The van der Waals surface area contributed by atoms with Crippen LogP contribution in [0.3, 0.4) is 0 Å². The van der Waals surface area contributed by atoms with E-state index in [9.17, 15) is 0 Å². The molecular weight excluding hydrogens is 226 g/mol. The Morgan fingerprint density at radius 3 is 2.39 bits per heavy atom. The van der Waals surface area contributed by atoms with Gasteiger partial charge in [0.25, 0.3) is 0 Å². The van der Waals surface area contributed by atoms with Crippen LogP contribution in [0.25, 0.3) is 0 Å². The zero-order valence-corrected chi connectivity index (χ0v) is 11.3. The highest BCUT2D eigenvalue weighted by molar-refractivity contribution is 5.87. The molecule has 0 aliphatic carbocycles. The quantitative estimate of drug-likeness (QED) is 0.313. The molecule has 100 valence electrons. The van der Waals surface area contributed by atoms with Crippen LogP contribution in [0.5, 0.6) is 0 Å². The first-order valence-electron chi connectivity index (χ1n) is 6.32. The number of oxime groups is 1. The molecule has 0 saturated heterocycles. The van der Waals surface area contributed by atoms with Gasteiger partial charge in [0, 0.05) is 12.6 Å². The van der Waals surface area contributed by atoms with Gasteiger partial charge in [0.05, 0.1) is 5.92 Å². The lowest BCUT2D eigenvalue weighted by molar-refractivity contribution is 0.315. The highest BCUT2D eigenvalue weighted by Crippen LogP contribution is 2.15. The van der Waals surface area contributed by atoms with E-state index in [2.05, 4.69) is 31.2 Å². The minimum absolute atomic E-state index is 0.0996. The van der Waals surface area contributed by atoms with Crippen LogP contribution in [0.4, 0.5) is 0 Å². The molecule has 2 unspecified atom stereocenters. The van der Waals surface area contributed by atoms with E-state index in [1.165, 1.54) is 0 Å². The van der Waals surface area contributed by atoms with E-state index in [0.29, 0.717) is 18.5 Å². The molecule has 0 aliphatic heterocycles. The predicted octanol–water partition coefficient (Wildman–Crippen LogP) is 2.15. The molecule has 0 fully saturated rings. The van der Waals surface area contributed by atoms with Crippen molar-refractivity contribution < 1.29 is 5.21 Å². The maximum atomic E-state index is 8.88. The van der Waals surface area contributed by atoms with Crippen molar-refractivity contribution in [2.24, 2.45) is 16.8 Å². The first-order chi connectivity index (χ1) is 8.56. The Kier molecular flexibility index (Phi) is 5.65. The highest BCUT2D eigenvalue weighted by Gasteiger charge is 2.18. The van der Waals surface area contributed by atoms with Crippen LogP contribution >= 0.6 is 0 Å². The van der Waals surface area contributed by atoms with Crippen LogP contribution < -0.4 is 11.1 Å². The fourth-order valence-corrected chi connectivity index (χ4v) is 1.69. The van der Waals surface area contributed by atoms with Crippen LogP contribution in [0.15, 0.2) is 35.5 Å². The standard InChI is InChI=1S/C14H23N3O/c1-10(2)11(3)16-9-13(14(15)17-18)12-7-5-4-6-8-12/h4-8,10-11,13,16,18H,9H2,1-3H3,(H2,15,17). The second kappa shape index (κ2) is 7.01. The minimum atomic E-state index is -0.0996. The lowest BCUT2D eigenvalue weighted by Crippen LogP contribution is -2.38. The average Bonchev–Trinajstić information content (AvgIpc) is 2.39. The SMILES string of the molecule is CC(C)C(C)NCC(C(N)=NO)c1ccccc1. The van der Waals surface area contributed by atoms with Gasteiger partial charge in [-0.15, -0.1) is 0 Å². The second-order valence-corrected chi connectivity index (χ2v) is 4.93. The summed E-state index contributed by atoms with van der Waals surface area (Å²) in [5.74, 6) is 0.691. The highest BCUT2D eigenvalue weighted by atomic mass is 16.4. The molecule has 4 heteroatoms. The van der Waals surface area contributed by atoms with Gasteiger partial charge >= 0.3 is 0 Å². The molecule has 0 heterocycles. The van der Waals surface area contributed by atoms with Crippen molar-refractivity contribution in [3.8, 4) is 0 Å². The Labute approximate surface area is 109 Å². The van der Waals surface area contributed by atoms with Crippen LogP contribution in [-0.2, 0) is 0 Å². The number of hydrogen-bond donors (Lipinski definition) is 3. The number of benzene rings is 1. The molecular formula is C14H23N3O. The lowest BCUT2D eigenvalue weighted by Gasteiger charge is -2.22. The van der Waals surface area contributed by atoms with Crippen LogP contribution in [-0.4, -0.2) is 23.6 Å². The fraction of sp³-hybridized carbons (Fsp3) is 0.500. The van der Waals surface area contributed by atoms with E-state index in [4.69, 9.17) is 10.9 Å². The van der Waals surface area contributed by atoms with Gasteiger partial charge in [-0.05, 0) is 18.4 Å². The third-order valence-corrected chi connectivity index (χ3v) is 3.32. The van der Waals surface area contributed by atoms with Crippen molar-refractivity contribution in [1.82, 2.24) is 5.32 Å². The molecule has 0 aromatic heterocycles. The zero-order chi connectivity index (χ0) is 13.5. The van der Waals surface area contributed by atoms with Gasteiger partial charge in [-0.1, -0.05) is 49.3 Å². The van der Waals surface area contributed by atoms with Gasteiger partial charge in [-0.3, -0.25) is 0 Å². The average molecular weight is 249 g/mol. The first-order valence-corrected chi connectivity index (χ1v) is 6.32. The van der Waals surface area contributed by atoms with E-state index in [0.717, 1.165) is 5.56 Å². The largest absolute Gasteiger partial charge is 0.409 e. The Bertz CT molecular complexity index is 376. The Balaban J connectivity index is 2.75. The van der Waals surface area contributed by atoms with Crippen molar-refractivity contribution in [1.29, 1.82) is 0 Å². The number of amidine groups is 1. The summed E-state index contributed by atoms with van der Waals surface area (Å²) in [6.45, 7) is 7.13. The minimum Gasteiger partial charge on any atom is -0.409 e. The van der Waals surface area contributed by atoms with E-state index >= 15 is 0 Å². The van der Waals surface area contributed by atoms with Gasteiger partial charge in [0.1, 0.15) is 5.84 Å². The monoisotopic (exact) mass is 249 g/mol. The maximum Gasteiger partial charge on any atom is 0.147 e. The Morgan fingerprint density at radius 2 is 1.89 bits per heavy atom. The molecule has 4 nitrogen and oxygen atoms in total. The Hall–Kier alpha value is -1.55. The summed E-state index contributed by atoms with van der Waals surface area (Å²) < 4.78 is 0. The van der Waals surface area contributed by atoms with Crippen molar-refractivity contribution in [2.75, 3.05) is 6.54 Å². The second-order valence-electron chi connectivity index (χ2n) is 4.93. The third kappa shape index (κ3) is 4.04. The zero-order valence-electron chi connectivity index (χ0n) is 11.3. The van der Waals surface area contributed by atoms with E-state index in [1.54, 1.807) is 0 Å². The summed E-state index contributed by atoms with van der Waals surface area (Å²) >= 11 is 0. The summed E-state index contributed by atoms with van der Waals surface area (Å²) in [7, 11) is 0. The summed E-state index contributed by atoms with van der Waals surface area (Å²) in [5.41, 5.74) is 6.82. The fourth-order valence-electron chi connectivity index (χ4n) is 1.69. The van der Waals surface area contributed by atoms with Gasteiger partial charge in [-0.2, -0.15) is 0 Å². The molecule has 1 aromatic rings. The molecule has 0 bridgehead atoms. The summed E-state index contributed by atoms with van der Waals surface area (Å²) in [6, 6.07) is 10.2. The number of nitrogens with one attached hydrogen (secondary N) is 1. The van der Waals surface area contributed by atoms with Crippen molar-refractivity contribution >= 4 is 5.84 Å². The molecule has 0 spiro atoms. The first kappa shape index (κ1) is 14.5. The normalized spacial score (nSPS) is 15.7. The van der Waals surface area contributed by atoms with Gasteiger partial charge in [-0.25, -0.2) is 0 Å². The van der Waals surface area contributed by atoms with Crippen LogP contribution in [0.1, 0.15) is 32.3 Å². The molecule has 4 N–H and O–H groups in total. The van der Waals surface area contributed by atoms with E-state index < -0.39 is 0 Å². The summed E-state index contributed by atoms with van der Waals surface area (Å²) in [5, 5.41) is 15.4. The molecule has 0 amide bonds. The van der Waals surface area contributed by atoms with Crippen molar-refractivity contribution in [2.45, 2.75) is 32.7 Å². The maximum absolute atomic E-state index is 8.88. The molecule has 2 atom stereocenters. The van der Waals surface area contributed by atoms with Crippen molar-refractivity contribution in [3.63, 3.8) is 0 Å². The number of rotatable bonds is 6. The molecule has 18 heavy (non-hydrogen) atoms. The lowest BCUT2D eigenvalue weighted by atomic mass is 9.97. The predicted molar refractivity (Wildman–Crippen MR) is 74.9 cm³/mol. The topological polar surface area (TPSA) is 70.6 Å². The number of hydrogen-bond acceptors (Lipinski definition) is 3. The van der Waals surface area contributed by atoms with Crippen LogP contribution in [0.2, 0.25) is 0 Å². The number of nitrogens with two attached hydrogens (primary N) is 1. The molecule has 0 saturated carbocycles. The third-order valence-electron chi connectivity index (χ3n) is 3.32. The summed E-state index contributed by atoms with van der Waals surface area (Å²) in [4.78, 5) is 0. The van der Waals surface area contributed by atoms with Gasteiger partial charge < -0.3 is 16.3 Å². The van der Waals surface area contributed by atoms with E-state index in [-0.39, 0.29) is 11.8 Å². The molecule has 1 rings (SSSR count). The smallest absolute Gasteiger partial charge is 0.147 e. The van der Waals surface area contributed by atoms with Crippen LogP contribution in [0, 0.1) is 5.92 Å². The number of nitrogens with zero attached hydrogens (tertiary/aromatic N) is 1. The molecule has 0 aliphatic rings. The van der Waals surface area contributed by atoms with E-state index in [1.807, 2.05) is 30.3 Å². The Morgan fingerprint density at radius 1 is 1.28 bits per heavy atom. The molecule has 0 radical (unpaired) electrons. The van der Waals surface area contributed by atoms with Crippen molar-refractivity contribution in [3.05, 3.63) is 35.9 Å². The van der Waals surface area contributed by atoms with Gasteiger partial charge in [0.2, 0.25) is 0 Å². The van der Waals surface area contributed by atoms with Gasteiger partial charge in [0.15, 0.2) is 0 Å². The summed E-state index contributed by atoms with van der Waals surface area (Å²) in [6.07, 6.45) is 0. The molecule has 1 aromatic carbocycles.